The van der Waals surface area contributed by atoms with Crippen LogP contribution in [0.15, 0.2) is 43.0 Å². The Balaban J connectivity index is 2.89. The first kappa shape index (κ1) is 20.3. The van der Waals surface area contributed by atoms with E-state index in [9.17, 15) is 13.2 Å². The maximum absolute atomic E-state index is 12.2. The molecule has 0 saturated carbocycles. The molecule has 0 aliphatic rings. The Kier molecular flexibility index (Phi) is 8.10. The first-order valence-corrected chi connectivity index (χ1v) is 9.28. The van der Waals surface area contributed by atoms with Crippen molar-refractivity contribution in [1.29, 1.82) is 0 Å². The first-order valence-electron chi connectivity index (χ1n) is 7.67. The van der Waals surface area contributed by atoms with Gasteiger partial charge in [-0.25, -0.2) is 18.4 Å². The second-order valence-electron chi connectivity index (χ2n) is 5.71. The van der Waals surface area contributed by atoms with Gasteiger partial charge >= 0.3 is 5.97 Å². The smallest absolute Gasteiger partial charge is 0.338 e. The lowest BCUT2D eigenvalue weighted by Gasteiger charge is -2.25. The average molecular weight is 355 g/mol. The van der Waals surface area contributed by atoms with Gasteiger partial charge in [0.1, 0.15) is 6.10 Å². The Morgan fingerprint density at radius 2 is 1.96 bits per heavy atom. The van der Waals surface area contributed by atoms with E-state index < -0.39 is 27.3 Å². The van der Waals surface area contributed by atoms with Crippen LogP contribution in [0.5, 0.6) is 0 Å². The molecule has 0 aromatic heterocycles. The lowest BCUT2D eigenvalue weighted by Crippen LogP contribution is -2.39. The maximum Gasteiger partial charge on any atom is 0.338 e. The number of esters is 1. The number of hydrogen-bond donors (Lipinski definition) is 1. The number of methoxy groups -OCH3 is 1. The highest BCUT2D eigenvalue weighted by atomic mass is 32.2. The third-order valence-electron chi connectivity index (χ3n) is 3.73. The van der Waals surface area contributed by atoms with E-state index in [1.54, 1.807) is 43.3 Å². The minimum absolute atomic E-state index is 0.0697. The third-order valence-corrected chi connectivity index (χ3v) is 5.23. The van der Waals surface area contributed by atoms with Crippen LogP contribution in [-0.2, 0) is 19.5 Å². The van der Waals surface area contributed by atoms with E-state index in [1.807, 2.05) is 0 Å². The van der Waals surface area contributed by atoms with Crippen molar-refractivity contribution in [3.63, 3.8) is 0 Å². The van der Waals surface area contributed by atoms with Crippen molar-refractivity contribution in [2.45, 2.75) is 31.1 Å². The fourth-order valence-corrected chi connectivity index (χ4v) is 3.74. The monoisotopic (exact) mass is 355 g/mol. The molecule has 134 valence electrons. The third kappa shape index (κ3) is 6.43. The van der Waals surface area contributed by atoms with Crippen LogP contribution in [0.2, 0.25) is 0 Å². The molecule has 3 atom stereocenters. The van der Waals surface area contributed by atoms with Crippen LogP contribution < -0.4 is 5.14 Å². The van der Waals surface area contributed by atoms with E-state index in [0.717, 1.165) is 0 Å². The zero-order chi connectivity index (χ0) is 18.2. The molecule has 24 heavy (non-hydrogen) atoms. The van der Waals surface area contributed by atoms with Gasteiger partial charge in [0, 0.05) is 13.5 Å². The highest BCUT2D eigenvalue weighted by molar-refractivity contribution is 7.89. The molecule has 7 heteroatoms. The number of allylic oxidation sites excluding steroid dienone is 1. The van der Waals surface area contributed by atoms with Crippen LogP contribution in [0.3, 0.4) is 0 Å². The molecular weight excluding hydrogens is 330 g/mol. The molecule has 0 fully saturated rings. The van der Waals surface area contributed by atoms with E-state index in [0.29, 0.717) is 12.0 Å². The molecule has 1 rings (SSSR count). The minimum Gasteiger partial charge on any atom is -0.456 e. The van der Waals surface area contributed by atoms with Crippen molar-refractivity contribution in [2.24, 2.45) is 11.1 Å². The molecule has 0 radical (unpaired) electrons. The largest absolute Gasteiger partial charge is 0.456 e. The predicted octanol–water partition coefficient (Wildman–Crippen LogP) is 2.12. The molecule has 0 aliphatic heterocycles. The summed E-state index contributed by atoms with van der Waals surface area (Å²) in [5.41, 5.74) is 0.393. The standard InChI is InChI=1S/C17H25NO5S/c1-4-8-13(2)16(24(18,20)21)11-15(12-22-3)23-17(19)14-9-6-5-7-10-14/h4-7,9-10,13,15-16H,1,8,11-12H2,2-3H3,(H2,18,20,21). The number of hydrogen-bond acceptors (Lipinski definition) is 5. The Bertz CT molecular complexity index is 630. The second kappa shape index (κ2) is 9.56. The van der Waals surface area contributed by atoms with Gasteiger partial charge in [-0.15, -0.1) is 6.58 Å². The molecule has 6 nitrogen and oxygen atoms in total. The van der Waals surface area contributed by atoms with E-state index in [-0.39, 0.29) is 18.9 Å². The number of primary sulfonamides is 1. The average Bonchev–Trinajstić information content (AvgIpc) is 2.52. The van der Waals surface area contributed by atoms with Crippen molar-refractivity contribution in [3.05, 3.63) is 48.6 Å². The molecule has 0 bridgehead atoms. The summed E-state index contributed by atoms with van der Waals surface area (Å²) in [6.45, 7) is 5.49. The van der Waals surface area contributed by atoms with Gasteiger partial charge in [-0.1, -0.05) is 31.2 Å². The van der Waals surface area contributed by atoms with Crippen molar-refractivity contribution < 1.29 is 22.7 Å². The number of carbonyl (C=O) groups is 1. The zero-order valence-corrected chi connectivity index (χ0v) is 14.9. The summed E-state index contributed by atoms with van der Waals surface area (Å²) >= 11 is 0. The Labute approximate surface area is 143 Å². The van der Waals surface area contributed by atoms with Gasteiger partial charge < -0.3 is 9.47 Å². The minimum atomic E-state index is -3.79. The quantitative estimate of drug-likeness (QED) is 0.512. The molecule has 1 aromatic carbocycles. The van der Waals surface area contributed by atoms with Gasteiger partial charge in [-0.05, 0) is 24.5 Å². The fourth-order valence-electron chi connectivity index (χ4n) is 2.49. The topological polar surface area (TPSA) is 95.7 Å². The number of sulfonamides is 1. The molecule has 0 heterocycles. The number of rotatable bonds is 10. The molecule has 0 amide bonds. The lowest BCUT2D eigenvalue weighted by atomic mass is 9.99. The van der Waals surface area contributed by atoms with Gasteiger partial charge in [0.05, 0.1) is 17.4 Å². The summed E-state index contributed by atoms with van der Waals surface area (Å²) in [6, 6.07) is 8.49. The Morgan fingerprint density at radius 1 is 1.33 bits per heavy atom. The highest BCUT2D eigenvalue weighted by Gasteiger charge is 2.32. The second-order valence-corrected chi connectivity index (χ2v) is 7.50. The van der Waals surface area contributed by atoms with E-state index >= 15 is 0 Å². The SMILES string of the molecule is C=CCC(C)C(CC(COC)OC(=O)c1ccccc1)S(N)(=O)=O. The summed E-state index contributed by atoms with van der Waals surface area (Å²) in [7, 11) is -2.33. The van der Waals surface area contributed by atoms with Crippen LogP contribution >= 0.6 is 0 Å². The molecular formula is C17H25NO5S. The van der Waals surface area contributed by atoms with Crippen molar-refractivity contribution >= 4 is 16.0 Å². The van der Waals surface area contributed by atoms with Crippen LogP contribution in [0, 0.1) is 5.92 Å². The fraction of sp³-hybridized carbons (Fsp3) is 0.471. The number of nitrogens with two attached hydrogens (primary N) is 1. The summed E-state index contributed by atoms with van der Waals surface area (Å²) < 4.78 is 34.3. The van der Waals surface area contributed by atoms with Crippen molar-refractivity contribution in [1.82, 2.24) is 0 Å². The normalized spacial score (nSPS) is 15.3. The predicted molar refractivity (Wildman–Crippen MR) is 93.0 cm³/mol. The Hall–Kier alpha value is -1.70. The van der Waals surface area contributed by atoms with Crippen LogP contribution in [0.25, 0.3) is 0 Å². The molecule has 1 aromatic rings. The van der Waals surface area contributed by atoms with Gasteiger partial charge in [-0.2, -0.15) is 0 Å². The summed E-state index contributed by atoms with van der Waals surface area (Å²) in [4.78, 5) is 12.2. The number of benzene rings is 1. The zero-order valence-electron chi connectivity index (χ0n) is 14.1. The van der Waals surface area contributed by atoms with Gasteiger partial charge in [0.15, 0.2) is 0 Å². The summed E-state index contributed by atoms with van der Waals surface area (Å²) in [5, 5.41) is 4.51. The first-order chi connectivity index (χ1) is 11.3. The maximum atomic E-state index is 12.2. The summed E-state index contributed by atoms with van der Waals surface area (Å²) in [5.74, 6) is -0.769. The van der Waals surface area contributed by atoms with Crippen molar-refractivity contribution in [3.8, 4) is 0 Å². The molecule has 3 unspecified atom stereocenters. The van der Waals surface area contributed by atoms with Crippen LogP contribution in [-0.4, -0.2) is 39.5 Å². The lowest BCUT2D eigenvalue weighted by molar-refractivity contribution is 0.00176. The van der Waals surface area contributed by atoms with Crippen LogP contribution in [0.1, 0.15) is 30.1 Å². The number of ether oxygens (including phenoxy) is 2. The highest BCUT2D eigenvalue weighted by Crippen LogP contribution is 2.22. The molecule has 0 aliphatic carbocycles. The van der Waals surface area contributed by atoms with E-state index in [4.69, 9.17) is 14.6 Å². The van der Waals surface area contributed by atoms with E-state index in [2.05, 4.69) is 6.58 Å². The van der Waals surface area contributed by atoms with Crippen LogP contribution in [0.4, 0.5) is 0 Å². The van der Waals surface area contributed by atoms with Gasteiger partial charge in [-0.3, -0.25) is 0 Å². The van der Waals surface area contributed by atoms with Gasteiger partial charge in [0.25, 0.3) is 0 Å². The van der Waals surface area contributed by atoms with Gasteiger partial charge in [0.2, 0.25) is 10.0 Å². The molecule has 2 N–H and O–H groups in total. The molecule has 0 spiro atoms. The van der Waals surface area contributed by atoms with Crippen molar-refractivity contribution in [2.75, 3.05) is 13.7 Å². The van der Waals surface area contributed by atoms with E-state index in [1.165, 1.54) is 7.11 Å². The Morgan fingerprint density at radius 3 is 2.46 bits per heavy atom. The summed E-state index contributed by atoms with van der Waals surface area (Å²) in [6.07, 6.45) is 1.50. The molecule has 0 saturated heterocycles. The number of carbonyl (C=O) groups excluding carboxylic acids is 1.